The summed E-state index contributed by atoms with van der Waals surface area (Å²) in [4.78, 5) is 75.5. The second kappa shape index (κ2) is 26.7. The van der Waals surface area contributed by atoms with Gasteiger partial charge in [0.15, 0.2) is 11.7 Å². The number of carbonyl (C=O) groups is 3. The molecule has 1 unspecified atom stereocenters. The molecule has 0 spiro atoms. The fraction of sp³-hybridized carbons (Fsp3) is 0.431. The van der Waals surface area contributed by atoms with Crippen LogP contribution >= 0.6 is 23.2 Å². The van der Waals surface area contributed by atoms with Crippen LogP contribution in [0.4, 0.5) is 31.8 Å². The minimum atomic E-state index is -1.08. The number of nitrogens with zero attached hydrogens (tertiary/aromatic N) is 14. The molecule has 0 radical (unpaired) electrons. The Balaban J connectivity index is 0.788. The van der Waals surface area contributed by atoms with E-state index in [1.54, 1.807) is 0 Å². The van der Waals surface area contributed by atoms with Crippen molar-refractivity contribution in [3.63, 3.8) is 0 Å². The van der Waals surface area contributed by atoms with Crippen LogP contribution in [0.5, 0.6) is 12.0 Å². The summed E-state index contributed by atoms with van der Waals surface area (Å²) in [6, 6.07) is 25.4. The van der Waals surface area contributed by atoms with Gasteiger partial charge in [0.1, 0.15) is 18.2 Å². The number of benzene rings is 4. The molecule has 4 saturated heterocycles. The van der Waals surface area contributed by atoms with Crippen molar-refractivity contribution in [3.05, 3.63) is 130 Å². The average Bonchev–Trinajstić information content (AvgIpc) is 1.05. The lowest BCUT2D eigenvalue weighted by Gasteiger charge is -2.42. The summed E-state index contributed by atoms with van der Waals surface area (Å²) in [6.07, 6.45) is 2.25. The van der Waals surface area contributed by atoms with Gasteiger partial charge in [-0.25, -0.2) is 8.78 Å². The van der Waals surface area contributed by atoms with Crippen molar-refractivity contribution in [3.8, 4) is 24.2 Å². The Labute approximate surface area is 525 Å². The zero-order chi connectivity index (χ0) is 61.9. The molecule has 0 bridgehead atoms. The number of hydrogen-bond donors (Lipinski definition) is 0. The number of rotatable bonds is 17. The maximum atomic E-state index is 14.3. The zero-order valence-corrected chi connectivity index (χ0v) is 50.9. The van der Waals surface area contributed by atoms with E-state index in [9.17, 15) is 33.7 Å². The SMILES string of the molecule is C=C(F)C(=O)N1CCN(c2nc(OCCN3CCCOCC3)nc3c2CCN(c2cc(CN4CC(COc5nc6c(c(N7CCN(C(=O)C(=C)F)[C@@H](CC#N)C7)n5)CCN(c5cccc7cccc(Cl)c57)C6)CC4=O)cc4cccc(Cl)c24)C3)C[C@@H]1CC#N. The molecular formula is C65H68Cl2F2N14O6. The summed E-state index contributed by atoms with van der Waals surface area (Å²) < 4.78 is 47.1. The maximum Gasteiger partial charge on any atom is 0.318 e. The first kappa shape index (κ1) is 60.9. The molecule has 6 aliphatic rings. The van der Waals surface area contributed by atoms with Crippen molar-refractivity contribution in [1.82, 2.24) is 39.5 Å². The van der Waals surface area contributed by atoms with Crippen LogP contribution < -0.4 is 29.1 Å². The van der Waals surface area contributed by atoms with E-state index in [4.69, 9.17) is 57.3 Å². The first-order valence-electron chi connectivity index (χ1n) is 30.3. The Morgan fingerprint density at radius 2 is 1.24 bits per heavy atom. The molecule has 462 valence electrons. The van der Waals surface area contributed by atoms with E-state index in [-0.39, 0.29) is 75.9 Å². The molecule has 24 heteroatoms. The molecule has 0 N–H and O–H groups in total. The highest BCUT2D eigenvalue weighted by Crippen LogP contribution is 2.41. The number of halogens is 4. The predicted octanol–water partition coefficient (Wildman–Crippen LogP) is 8.36. The van der Waals surface area contributed by atoms with Crippen molar-refractivity contribution < 1.29 is 37.4 Å². The average molecular weight is 1250 g/mol. The molecule has 20 nitrogen and oxygen atoms in total. The second-order valence-corrected chi connectivity index (χ2v) is 24.3. The number of likely N-dealkylation sites (tertiary alicyclic amines) is 1. The normalized spacial score (nSPS) is 19.8. The molecule has 0 saturated carbocycles. The topological polar surface area (TPSA) is 204 Å². The third-order valence-electron chi connectivity index (χ3n) is 17.8. The Morgan fingerprint density at radius 3 is 1.84 bits per heavy atom. The summed E-state index contributed by atoms with van der Waals surface area (Å²) in [7, 11) is 0. The lowest BCUT2D eigenvalue weighted by Crippen LogP contribution is -2.55. The molecule has 6 aliphatic heterocycles. The summed E-state index contributed by atoms with van der Waals surface area (Å²) in [5, 5.41) is 24.6. The van der Waals surface area contributed by atoms with E-state index < -0.39 is 35.6 Å². The number of hydrogen-bond acceptors (Lipinski definition) is 17. The Morgan fingerprint density at radius 1 is 0.663 bits per heavy atom. The first-order chi connectivity index (χ1) is 43.2. The second-order valence-electron chi connectivity index (χ2n) is 23.5. The minimum absolute atomic E-state index is 0.00352. The van der Waals surface area contributed by atoms with Crippen molar-refractivity contribution in [2.45, 2.75) is 70.2 Å². The highest BCUT2D eigenvalue weighted by atomic mass is 35.5. The lowest BCUT2D eigenvalue weighted by molar-refractivity contribution is -0.132. The van der Waals surface area contributed by atoms with Crippen LogP contribution in [0.2, 0.25) is 10.0 Å². The van der Waals surface area contributed by atoms with Gasteiger partial charge in [0.2, 0.25) is 5.91 Å². The minimum Gasteiger partial charge on any atom is -0.463 e. The van der Waals surface area contributed by atoms with Gasteiger partial charge in [-0.05, 0) is 65.9 Å². The van der Waals surface area contributed by atoms with Crippen LogP contribution in [-0.2, 0) is 51.6 Å². The summed E-state index contributed by atoms with van der Waals surface area (Å²) in [5.41, 5.74) is 6.08. The van der Waals surface area contributed by atoms with E-state index in [1.165, 1.54) is 9.80 Å². The number of fused-ring (bicyclic) bond motifs is 4. The Kier molecular flexibility index (Phi) is 18.3. The molecule has 4 fully saturated rings. The van der Waals surface area contributed by atoms with Gasteiger partial charge in [-0.1, -0.05) is 72.8 Å². The van der Waals surface area contributed by atoms with Gasteiger partial charge in [0.25, 0.3) is 11.8 Å². The standard InChI is InChI=1S/C65H68Cl2F2N14O6/c1-41(68)62(85)82-24-22-79(36-47(82)13-17-70)60-50-16-21-78(39-54(50)72-64(74-60)88-30-27-76-19-6-28-87-29-26-76)56-32-43(31-46-9-4-11-52(67)59(46)56)34-81-35-44(33-57(81)84)40-89-65-73-53-38-77(55-12-5-8-45-7-3-10-51(66)58(45)55)20-15-49(53)61(75-65)80-23-25-83(63(86)42(2)69)48(37-80)14-18-71/h3-5,7-12,31-32,44,47-48H,1-2,6,13-16,19-30,33-40H2/t44?,47-,48-/m0/s1. The molecule has 0 aliphatic carbocycles. The van der Waals surface area contributed by atoms with Gasteiger partial charge >= 0.3 is 12.0 Å². The van der Waals surface area contributed by atoms with Gasteiger partial charge in [-0.3, -0.25) is 19.3 Å². The molecule has 2 aromatic heterocycles. The van der Waals surface area contributed by atoms with Crippen molar-refractivity contribution in [2.75, 3.05) is 125 Å². The number of nitriles is 2. The van der Waals surface area contributed by atoms with E-state index >= 15 is 0 Å². The highest BCUT2D eigenvalue weighted by molar-refractivity contribution is 6.37. The lowest BCUT2D eigenvalue weighted by atomic mass is 9.99. The quantitative estimate of drug-likeness (QED) is 0.0787. The number of piperazine rings is 2. The van der Waals surface area contributed by atoms with Gasteiger partial charge in [-0.2, -0.15) is 30.5 Å². The third kappa shape index (κ3) is 13.1. The van der Waals surface area contributed by atoms with Gasteiger partial charge < -0.3 is 48.5 Å². The maximum absolute atomic E-state index is 14.3. The molecule has 3 amide bonds. The van der Waals surface area contributed by atoms with Crippen molar-refractivity contribution in [1.29, 1.82) is 10.5 Å². The molecular weight excluding hydrogens is 1180 g/mol. The van der Waals surface area contributed by atoms with Gasteiger partial charge in [0, 0.05) is 137 Å². The highest BCUT2D eigenvalue weighted by Gasteiger charge is 2.38. The fourth-order valence-corrected chi connectivity index (χ4v) is 14.0. The van der Waals surface area contributed by atoms with Crippen LogP contribution in [0.1, 0.15) is 53.8 Å². The molecule has 4 aromatic carbocycles. The van der Waals surface area contributed by atoms with E-state index in [0.717, 1.165) is 87.1 Å². The summed E-state index contributed by atoms with van der Waals surface area (Å²) in [6.45, 7) is 14.8. The van der Waals surface area contributed by atoms with Crippen molar-refractivity contribution in [2.24, 2.45) is 5.92 Å². The van der Waals surface area contributed by atoms with Crippen LogP contribution in [0.25, 0.3) is 21.5 Å². The number of anilines is 4. The summed E-state index contributed by atoms with van der Waals surface area (Å²) >= 11 is 13.9. The molecule has 89 heavy (non-hydrogen) atoms. The number of ether oxygens (including phenoxy) is 3. The van der Waals surface area contributed by atoms with E-state index in [0.29, 0.717) is 107 Å². The first-order valence-corrected chi connectivity index (χ1v) is 31.0. The molecule has 6 aromatic rings. The Bertz CT molecular complexity index is 3830. The summed E-state index contributed by atoms with van der Waals surface area (Å²) in [5.74, 6) is -2.77. The van der Waals surface area contributed by atoms with Gasteiger partial charge in [-0.15, -0.1) is 0 Å². The fourth-order valence-electron chi connectivity index (χ4n) is 13.5. The van der Waals surface area contributed by atoms with Crippen LogP contribution in [-0.4, -0.2) is 174 Å². The number of aromatic nitrogens is 4. The third-order valence-corrected chi connectivity index (χ3v) is 18.4. The van der Waals surface area contributed by atoms with E-state index in [2.05, 4.69) is 58.2 Å². The molecule has 3 atom stereocenters. The van der Waals surface area contributed by atoms with E-state index in [1.807, 2.05) is 63.2 Å². The monoisotopic (exact) mass is 1250 g/mol. The van der Waals surface area contributed by atoms with Crippen molar-refractivity contribution >= 4 is 85.5 Å². The smallest absolute Gasteiger partial charge is 0.318 e. The predicted molar refractivity (Wildman–Crippen MR) is 334 cm³/mol. The molecule has 8 heterocycles. The van der Waals surface area contributed by atoms with Crippen LogP contribution in [0.3, 0.4) is 0 Å². The number of carbonyl (C=O) groups excluding carboxylic acids is 3. The van der Waals surface area contributed by atoms with Crippen LogP contribution in [0, 0.1) is 28.6 Å². The zero-order valence-electron chi connectivity index (χ0n) is 49.4. The molecule has 12 rings (SSSR count). The van der Waals surface area contributed by atoms with Crippen LogP contribution in [0.15, 0.2) is 91.5 Å². The number of amides is 3. The Hall–Kier alpha value is -8.41. The van der Waals surface area contributed by atoms with Gasteiger partial charge in [0.05, 0.1) is 84.8 Å². The largest absolute Gasteiger partial charge is 0.463 e.